The van der Waals surface area contributed by atoms with Crippen molar-refractivity contribution in [2.24, 2.45) is 0 Å². The summed E-state index contributed by atoms with van der Waals surface area (Å²) in [6.07, 6.45) is 2.35. The zero-order chi connectivity index (χ0) is 14.5. The number of methoxy groups -OCH3 is 1. The second-order valence-corrected chi connectivity index (χ2v) is 5.18. The molecule has 1 aromatic carbocycles. The number of nitro benzene ring substituents is 1. The van der Waals surface area contributed by atoms with Crippen molar-refractivity contribution in [3.05, 3.63) is 33.9 Å². The number of nitro groups is 1. The van der Waals surface area contributed by atoms with E-state index in [-0.39, 0.29) is 5.69 Å². The molecule has 6 nitrogen and oxygen atoms in total. The van der Waals surface area contributed by atoms with E-state index in [1.54, 1.807) is 12.1 Å². The monoisotopic (exact) mass is 279 g/mol. The molecule has 20 heavy (non-hydrogen) atoms. The highest BCUT2D eigenvalue weighted by molar-refractivity contribution is 5.48. The van der Waals surface area contributed by atoms with Gasteiger partial charge in [-0.1, -0.05) is 6.07 Å². The van der Waals surface area contributed by atoms with Gasteiger partial charge >= 0.3 is 5.69 Å². The van der Waals surface area contributed by atoms with Gasteiger partial charge in [-0.05, 0) is 38.1 Å². The third-order valence-corrected chi connectivity index (χ3v) is 3.77. The second kappa shape index (κ2) is 6.67. The Balaban J connectivity index is 2.08. The third kappa shape index (κ3) is 3.46. The molecular weight excluding hydrogens is 258 g/mol. The minimum atomic E-state index is -0.398. The molecule has 0 radical (unpaired) electrons. The summed E-state index contributed by atoms with van der Waals surface area (Å²) < 4.78 is 5.02. The van der Waals surface area contributed by atoms with E-state index < -0.39 is 4.92 Å². The van der Waals surface area contributed by atoms with Crippen molar-refractivity contribution in [3.63, 3.8) is 0 Å². The molecule has 1 heterocycles. The predicted octanol–water partition coefficient (Wildman–Crippen LogP) is 1.79. The van der Waals surface area contributed by atoms with Gasteiger partial charge in [0.25, 0.3) is 0 Å². The lowest BCUT2D eigenvalue weighted by Gasteiger charge is -2.31. The van der Waals surface area contributed by atoms with E-state index in [1.165, 1.54) is 20.0 Å². The van der Waals surface area contributed by atoms with Crippen molar-refractivity contribution in [1.82, 2.24) is 10.2 Å². The van der Waals surface area contributed by atoms with Crippen LogP contribution in [0.2, 0.25) is 0 Å². The second-order valence-electron chi connectivity index (χ2n) is 5.18. The van der Waals surface area contributed by atoms with Gasteiger partial charge in [0.1, 0.15) is 0 Å². The molecule has 1 saturated heterocycles. The van der Waals surface area contributed by atoms with Crippen LogP contribution in [0.5, 0.6) is 5.75 Å². The van der Waals surface area contributed by atoms with Crippen LogP contribution in [0, 0.1) is 10.1 Å². The van der Waals surface area contributed by atoms with Crippen LogP contribution in [0.15, 0.2) is 18.2 Å². The van der Waals surface area contributed by atoms with Crippen LogP contribution >= 0.6 is 0 Å². The molecule has 0 saturated carbocycles. The Hall–Kier alpha value is -1.66. The van der Waals surface area contributed by atoms with E-state index >= 15 is 0 Å². The number of nitrogens with one attached hydrogen (secondary N) is 1. The van der Waals surface area contributed by atoms with Crippen LogP contribution < -0.4 is 10.1 Å². The summed E-state index contributed by atoms with van der Waals surface area (Å²) in [5.41, 5.74) is 0.964. The van der Waals surface area contributed by atoms with Crippen LogP contribution in [-0.4, -0.2) is 43.1 Å². The Bertz CT molecular complexity index is 473. The number of piperidine rings is 1. The minimum Gasteiger partial charge on any atom is -0.490 e. The summed E-state index contributed by atoms with van der Waals surface area (Å²) in [4.78, 5) is 12.9. The molecule has 2 rings (SSSR count). The van der Waals surface area contributed by atoms with Gasteiger partial charge in [0, 0.05) is 25.2 Å². The largest absolute Gasteiger partial charge is 0.490 e. The normalized spacial score (nSPS) is 19.1. The molecule has 0 aromatic heterocycles. The first kappa shape index (κ1) is 14.7. The first-order chi connectivity index (χ1) is 9.61. The van der Waals surface area contributed by atoms with Crippen molar-refractivity contribution < 1.29 is 9.66 Å². The number of rotatable bonds is 5. The van der Waals surface area contributed by atoms with E-state index in [2.05, 4.69) is 17.3 Å². The van der Waals surface area contributed by atoms with Gasteiger partial charge in [-0.3, -0.25) is 15.0 Å². The molecule has 1 aliphatic heterocycles. The van der Waals surface area contributed by atoms with Crippen LogP contribution in [0.1, 0.15) is 18.4 Å². The number of nitrogens with zero attached hydrogens (tertiary/aromatic N) is 2. The minimum absolute atomic E-state index is 0.0279. The SMILES string of the molecule is COc1ccc(CN(C)C2CCCNC2)cc1[N+](=O)[O-]. The predicted molar refractivity (Wildman–Crippen MR) is 77.0 cm³/mol. The molecule has 1 fully saturated rings. The Kier molecular flexibility index (Phi) is 4.92. The van der Waals surface area contributed by atoms with E-state index in [0.717, 1.165) is 18.7 Å². The standard InChI is InChI=1S/C14H21N3O3/c1-16(12-4-3-7-15-9-12)10-11-5-6-14(20-2)13(8-11)17(18)19/h5-6,8,12,15H,3-4,7,9-10H2,1-2H3. The molecule has 6 heteroatoms. The highest BCUT2D eigenvalue weighted by Gasteiger charge is 2.20. The zero-order valence-electron chi connectivity index (χ0n) is 12.0. The summed E-state index contributed by atoms with van der Waals surface area (Å²) in [7, 11) is 3.51. The fraction of sp³-hybridized carbons (Fsp3) is 0.571. The zero-order valence-corrected chi connectivity index (χ0v) is 12.0. The van der Waals surface area contributed by atoms with Gasteiger partial charge in [-0.15, -0.1) is 0 Å². The number of hydrogen-bond donors (Lipinski definition) is 1. The molecule has 0 spiro atoms. The number of hydrogen-bond acceptors (Lipinski definition) is 5. The summed E-state index contributed by atoms with van der Waals surface area (Å²) in [6.45, 7) is 2.77. The molecule has 0 amide bonds. The average molecular weight is 279 g/mol. The average Bonchev–Trinajstić information content (AvgIpc) is 2.48. The third-order valence-electron chi connectivity index (χ3n) is 3.77. The van der Waals surface area contributed by atoms with Gasteiger partial charge in [-0.2, -0.15) is 0 Å². The molecule has 110 valence electrons. The van der Waals surface area contributed by atoms with Gasteiger partial charge in [0.2, 0.25) is 0 Å². The summed E-state index contributed by atoms with van der Waals surface area (Å²) in [5, 5.41) is 14.4. The first-order valence-corrected chi connectivity index (χ1v) is 6.84. The maximum Gasteiger partial charge on any atom is 0.311 e. The van der Waals surface area contributed by atoms with Crippen molar-refractivity contribution >= 4 is 5.69 Å². The first-order valence-electron chi connectivity index (χ1n) is 6.84. The number of benzene rings is 1. The molecule has 0 bridgehead atoms. The summed E-state index contributed by atoms with van der Waals surface area (Å²) >= 11 is 0. The van der Waals surface area contributed by atoms with Crippen LogP contribution in [-0.2, 0) is 6.54 Å². The lowest BCUT2D eigenvalue weighted by atomic mass is 10.1. The summed E-state index contributed by atoms with van der Waals surface area (Å²) in [6, 6.07) is 5.65. The van der Waals surface area contributed by atoms with Crippen molar-refractivity contribution in [3.8, 4) is 5.75 Å². The van der Waals surface area contributed by atoms with E-state index in [0.29, 0.717) is 18.3 Å². The fourth-order valence-electron chi connectivity index (χ4n) is 2.60. The molecule has 1 aromatic rings. The van der Waals surface area contributed by atoms with Crippen molar-refractivity contribution in [2.45, 2.75) is 25.4 Å². The Labute approximate surface area is 118 Å². The fourth-order valence-corrected chi connectivity index (χ4v) is 2.60. The maximum atomic E-state index is 11.0. The lowest BCUT2D eigenvalue weighted by molar-refractivity contribution is -0.385. The van der Waals surface area contributed by atoms with Crippen LogP contribution in [0.4, 0.5) is 5.69 Å². The summed E-state index contributed by atoms with van der Waals surface area (Å²) in [5.74, 6) is 0.306. The Morgan fingerprint density at radius 3 is 2.95 bits per heavy atom. The molecule has 1 atom stereocenters. The van der Waals surface area contributed by atoms with Crippen LogP contribution in [0.25, 0.3) is 0 Å². The van der Waals surface area contributed by atoms with E-state index in [4.69, 9.17) is 4.74 Å². The topological polar surface area (TPSA) is 67.6 Å². The van der Waals surface area contributed by atoms with E-state index in [1.807, 2.05) is 6.07 Å². The lowest BCUT2D eigenvalue weighted by Crippen LogP contribution is -2.43. The van der Waals surface area contributed by atoms with E-state index in [9.17, 15) is 10.1 Å². The number of likely N-dealkylation sites (N-methyl/N-ethyl adjacent to an activating group) is 1. The smallest absolute Gasteiger partial charge is 0.311 e. The molecule has 1 aliphatic rings. The number of ether oxygens (including phenoxy) is 1. The Morgan fingerprint density at radius 1 is 1.55 bits per heavy atom. The molecule has 1 unspecified atom stereocenters. The quantitative estimate of drug-likeness (QED) is 0.657. The molecule has 1 N–H and O–H groups in total. The highest BCUT2D eigenvalue weighted by atomic mass is 16.6. The van der Waals surface area contributed by atoms with Crippen molar-refractivity contribution in [2.75, 3.05) is 27.2 Å². The van der Waals surface area contributed by atoms with Gasteiger partial charge < -0.3 is 10.1 Å². The molecule has 0 aliphatic carbocycles. The van der Waals surface area contributed by atoms with Gasteiger partial charge in [0.05, 0.1) is 12.0 Å². The highest BCUT2D eigenvalue weighted by Crippen LogP contribution is 2.28. The maximum absolute atomic E-state index is 11.0. The molecular formula is C14H21N3O3. The van der Waals surface area contributed by atoms with Crippen molar-refractivity contribution in [1.29, 1.82) is 0 Å². The van der Waals surface area contributed by atoms with Gasteiger partial charge in [-0.25, -0.2) is 0 Å². The van der Waals surface area contributed by atoms with Gasteiger partial charge in [0.15, 0.2) is 5.75 Å². The van der Waals surface area contributed by atoms with Crippen LogP contribution in [0.3, 0.4) is 0 Å². The Morgan fingerprint density at radius 2 is 2.35 bits per heavy atom.